The maximum absolute atomic E-state index is 13.6. The molecule has 9 nitrogen and oxygen atoms in total. The third-order valence-corrected chi connectivity index (χ3v) is 7.45. The van der Waals surface area contributed by atoms with Crippen LogP contribution in [0.4, 0.5) is 11.6 Å². The monoisotopic (exact) mass is 458 g/mol. The highest BCUT2D eigenvalue weighted by Crippen LogP contribution is 2.36. The first-order chi connectivity index (χ1) is 16.4. The van der Waals surface area contributed by atoms with E-state index in [0.717, 1.165) is 66.6 Å². The summed E-state index contributed by atoms with van der Waals surface area (Å²) in [5.74, 6) is 3.15. The molecule has 0 spiro atoms. The second kappa shape index (κ2) is 7.87. The van der Waals surface area contributed by atoms with E-state index in [4.69, 9.17) is 15.7 Å². The predicted molar refractivity (Wildman–Crippen MR) is 130 cm³/mol. The summed E-state index contributed by atoms with van der Waals surface area (Å²) in [6, 6.07) is 8.17. The van der Waals surface area contributed by atoms with Crippen LogP contribution >= 0.6 is 0 Å². The molecular weight excluding hydrogens is 428 g/mol. The molecule has 3 aromatic heterocycles. The van der Waals surface area contributed by atoms with Crippen LogP contribution < -0.4 is 15.5 Å². The fourth-order valence-electron chi connectivity index (χ4n) is 5.59. The Morgan fingerprint density at radius 3 is 2.71 bits per heavy atom. The van der Waals surface area contributed by atoms with Crippen molar-refractivity contribution in [3.63, 3.8) is 0 Å². The summed E-state index contributed by atoms with van der Waals surface area (Å²) < 4.78 is 2.16. The largest absolute Gasteiger partial charge is 0.354 e. The standard InChI is InChI=1S/C25H30N8O/c1-14-6-5-11-31(14)22-12-17-18(23(28-22)16(3)26)13-32(25(17)34)20-8-4-7-19(27-20)24-30-29-21-10-9-15(2)33(21)24/h4,7-8,12,14-16H,5-6,9-11,13,26H2,1-3H3/t14-,15+,16+/m1/s1. The van der Waals surface area contributed by atoms with Crippen molar-refractivity contribution in [3.05, 3.63) is 46.9 Å². The lowest BCUT2D eigenvalue weighted by atomic mass is 10.0. The van der Waals surface area contributed by atoms with Gasteiger partial charge in [-0.3, -0.25) is 9.69 Å². The molecule has 3 aliphatic rings. The van der Waals surface area contributed by atoms with E-state index in [1.54, 1.807) is 4.90 Å². The zero-order valence-electron chi connectivity index (χ0n) is 19.9. The molecule has 1 amide bonds. The van der Waals surface area contributed by atoms with E-state index in [1.807, 2.05) is 31.2 Å². The highest BCUT2D eigenvalue weighted by molar-refractivity contribution is 6.10. The van der Waals surface area contributed by atoms with Gasteiger partial charge in [-0.15, -0.1) is 10.2 Å². The molecule has 0 aromatic carbocycles. The maximum atomic E-state index is 13.6. The third kappa shape index (κ3) is 3.21. The molecule has 0 unspecified atom stereocenters. The lowest BCUT2D eigenvalue weighted by Crippen LogP contribution is -2.28. The van der Waals surface area contributed by atoms with E-state index in [2.05, 4.69) is 33.5 Å². The molecule has 1 fully saturated rings. The molecule has 9 heteroatoms. The van der Waals surface area contributed by atoms with Crippen molar-refractivity contribution >= 4 is 17.5 Å². The van der Waals surface area contributed by atoms with Gasteiger partial charge in [-0.1, -0.05) is 6.07 Å². The van der Waals surface area contributed by atoms with Gasteiger partial charge in [0.1, 0.15) is 23.2 Å². The number of carbonyl (C=O) groups is 1. The number of hydrogen-bond acceptors (Lipinski definition) is 7. The number of anilines is 2. The Bertz CT molecular complexity index is 1280. The van der Waals surface area contributed by atoms with Crippen LogP contribution in [-0.4, -0.2) is 43.2 Å². The fourth-order valence-corrected chi connectivity index (χ4v) is 5.59. The molecule has 3 aromatic rings. The molecule has 2 N–H and O–H groups in total. The molecule has 0 saturated carbocycles. The second-order valence-corrected chi connectivity index (χ2v) is 9.83. The number of amides is 1. The van der Waals surface area contributed by atoms with E-state index in [0.29, 0.717) is 30.0 Å². The first kappa shape index (κ1) is 21.2. The molecule has 176 valence electrons. The van der Waals surface area contributed by atoms with Gasteiger partial charge in [0.05, 0.1) is 17.8 Å². The highest BCUT2D eigenvalue weighted by Gasteiger charge is 2.35. The molecule has 1 saturated heterocycles. The number of pyridine rings is 2. The van der Waals surface area contributed by atoms with E-state index in [1.165, 1.54) is 0 Å². The summed E-state index contributed by atoms with van der Waals surface area (Å²) in [5.41, 5.74) is 9.43. The SMILES string of the molecule is C[C@H](N)c1nc(N2CCC[C@H]2C)cc2c1CN(c1cccc(-c3nnc4n3[C@@H](C)CC4)n1)C2=O. The average molecular weight is 459 g/mol. The number of hydrogen-bond donors (Lipinski definition) is 1. The Morgan fingerprint density at radius 2 is 1.94 bits per heavy atom. The van der Waals surface area contributed by atoms with Gasteiger partial charge in [0, 0.05) is 36.7 Å². The van der Waals surface area contributed by atoms with Gasteiger partial charge >= 0.3 is 0 Å². The summed E-state index contributed by atoms with van der Waals surface area (Å²) in [5, 5.41) is 8.75. The van der Waals surface area contributed by atoms with Crippen molar-refractivity contribution in [2.24, 2.45) is 5.73 Å². The van der Waals surface area contributed by atoms with Crippen LogP contribution in [0.5, 0.6) is 0 Å². The first-order valence-electron chi connectivity index (χ1n) is 12.2. The van der Waals surface area contributed by atoms with Crippen LogP contribution in [0, 0.1) is 0 Å². The Morgan fingerprint density at radius 1 is 1.09 bits per heavy atom. The molecule has 34 heavy (non-hydrogen) atoms. The quantitative estimate of drug-likeness (QED) is 0.638. The van der Waals surface area contributed by atoms with Crippen LogP contribution in [-0.2, 0) is 13.0 Å². The van der Waals surface area contributed by atoms with Gasteiger partial charge < -0.3 is 15.2 Å². The minimum atomic E-state index is -0.265. The number of aromatic nitrogens is 5. The van der Waals surface area contributed by atoms with E-state index < -0.39 is 0 Å². The summed E-state index contributed by atoms with van der Waals surface area (Å²) in [6.07, 6.45) is 4.25. The van der Waals surface area contributed by atoms with Crippen molar-refractivity contribution < 1.29 is 4.79 Å². The molecule has 3 atom stereocenters. The Kier molecular flexibility index (Phi) is 4.91. The van der Waals surface area contributed by atoms with Gasteiger partial charge in [-0.05, 0) is 58.2 Å². The zero-order chi connectivity index (χ0) is 23.6. The molecule has 3 aliphatic heterocycles. The van der Waals surface area contributed by atoms with E-state index >= 15 is 0 Å². The van der Waals surface area contributed by atoms with Crippen LogP contribution in [0.2, 0.25) is 0 Å². The number of nitrogens with zero attached hydrogens (tertiary/aromatic N) is 7. The number of aryl methyl sites for hydroxylation is 1. The minimum Gasteiger partial charge on any atom is -0.354 e. The van der Waals surface area contributed by atoms with Gasteiger partial charge in [0.2, 0.25) is 0 Å². The Labute approximate surface area is 199 Å². The van der Waals surface area contributed by atoms with Gasteiger partial charge in [0.25, 0.3) is 5.91 Å². The maximum Gasteiger partial charge on any atom is 0.260 e. The summed E-state index contributed by atoms with van der Waals surface area (Å²) in [7, 11) is 0. The van der Waals surface area contributed by atoms with Crippen LogP contribution in [0.1, 0.15) is 79.6 Å². The Hall–Kier alpha value is -3.33. The molecule has 6 heterocycles. The van der Waals surface area contributed by atoms with Crippen molar-refractivity contribution in [3.8, 4) is 11.5 Å². The molecular formula is C25H30N8O. The number of nitrogens with two attached hydrogens (primary N) is 1. The summed E-state index contributed by atoms with van der Waals surface area (Å²) >= 11 is 0. The van der Waals surface area contributed by atoms with Crippen LogP contribution in [0.25, 0.3) is 11.5 Å². The topological polar surface area (TPSA) is 106 Å². The first-order valence-corrected chi connectivity index (χ1v) is 12.2. The smallest absolute Gasteiger partial charge is 0.260 e. The van der Waals surface area contributed by atoms with Crippen molar-refractivity contribution in [1.29, 1.82) is 0 Å². The van der Waals surface area contributed by atoms with Gasteiger partial charge in [-0.2, -0.15) is 0 Å². The van der Waals surface area contributed by atoms with Crippen molar-refractivity contribution in [2.45, 2.75) is 71.1 Å². The fraction of sp³-hybridized carbons (Fsp3) is 0.480. The average Bonchev–Trinajstić information content (AvgIpc) is 3.59. The normalized spacial score (nSPS) is 22.4. The van der Waals surface area contributed by atoms with E-state index in [9.17, 15) is 4.79 Å². The number of fused-ring (bicyclic) bond motifs is 2. The van der Waals surface area contributed by atoms with Crippen LogP contribution in [0.3, 0.4) is 0 Å². The summed E-state index contributed by atoms with van der Waals surface area (Å²) in [4.78, 5) is 27.4. The van der Waals surface area contributed by atoms with Gasteiger partial charge in [0.15, 0.2) is 5.82 Å². The number of carbonyl (C=O) groups excluding carboxylic acids is 1. The molecule has 0 aliphatic carbocycles. The minimum absolute atomic E-state index is 0.0584. The number of rotatable bonds is 4. The predicted octanol–water partition coefficient (Wildman–Crippen LogP) is 3.41. The van der Waals surface area contributed by atoms with Crippen molar-refractivity contribution in [1.82, 2.24) is 24.7 Å². The highest BCUT2D eigenvalue weighted by atomic mass is 16.2. The Balaban J connectivity index is 1.38. The molecule has 0 bridgehead atoms. The van der Waals surface area contributed by atoms with Crippen LogP contribution in [0.15, 0.2) is 24.3 Å². The lowest BCUT2D eigenvalue weighted by Gasteiger charge is -2.24. The third-order valence-electron chi connectivity index (χ3n) is 7.45. The molecule has 6 rings (SSSR count). The zero-order valence-corrected chi connectivity index (χ0v) is 19.9. The van der Waals surface area contributed by atoms with Crippen molar-refractivity contribution in [2.75, 3.05) is 16.3 Å². The lowest BCUT2D eigenvalue weighted by molar-refractivity contribution is 0.0996. The van der Waals surface area contributed by atoms with E-state index in [-0.39, 0.29) is 11.9 Å². The molecule has 0 radical (unpaired) electrons. The van der Waals surface area contributed by atoms with Gasteiger partial charge in [-0.25, -0.2) is 9.97 Å². The summed E-state index contributed by atoms with van der Waals surface area (Å²) in [6.45, 7) is 7.68. The second-order valence-electron chi connectivity index (χ2n) is 9.83.